The molecule has 1 unspecified atom stereocenters. The molecule has 28 heavy (non-hydrogen) atoms. The summed E-state index contributed by atoms with van der Waals surface area (Å²) in [6.45, 7) is 2.62. The first-order valence-electron chi connectivity index (χ1n) is 9.66. The fraction of sp³-hybridized carbons (Fsp3) is 0.364. The third kappa shape index (κ3) is 3.73. The second-order valence-corrected chi connectivity index (χ2v) is 7.27. The molecule has 0 radical (unpaired) electrons. The lowest BCUT2D eigenvalue weighted by molar-refractivity contribution is 0.0627. The molecule has 2 aliphatic heterocycles. The number of carbonyl (C=O) groups is 2. The first kappa shape index (κ1) is 18.5. The van der Waals surface area contributed by atoms with Crippen molar-refractivity contribution in [2.75, 3.05) is 33.3 Å². The molecule has 1 atom stereocenters. The predicted molar refractivity (Wildman–Crippen MR) is 105 cm³/mol. The molecule has 6 heteroatoms. The van der Waals surface area contributed by atoms with Crippen LogP contribution >= 0.6 is 0 Å². The molecule has 2 aromatic carbocycles. The number of nitrogens with zero attached hydrogens (tertiary/aromatic N) is 2. The van der Waals surface area contributed by atoms with Crippen LogP contribution < -0.4 is 9.47 Å². The van der Waals surface area contributed by atoms with Gasteiger partial charge in [0, 0.05) is 13.1 Å². The van der Waals surface area contributed by atoms with Crippen molar-refractivity contribution in [3.8, 4) is 11.5 Å². The molecule has 0 fully saturated rings. The smallest absolute Gasteiger partial charge is 0.261 e. The Morgan fingerprint density at radius 1 is 0.964 bits per heavy atom. The van der Waals surface area contributed by atoms with Gasteiger partial charge in [-0.3, -0.25) is 14.5 Å². The Kier molecular flexibility index (Phi) is 5.30. The van der Waals surface area contributed by atoms with Crippen LogP contribution in [0.1, 0.15) is 33.6 Å². The molecule has 2 heterocycles. The lowest BCUT2D eigenvalue weighted by Crippen LogP contribution is -2.39. The van der Waals surface area contributed by atoms with Gasteiger partial charge in [-0.25, -0.2) is 0 Å². The fourth-order valence-corrected chi connectivity index (χ4v) is 3.69. The normalized spacial score (nSPS) is 17.9. The van der Waals surface area contributed by atoms with Gasteiger partial charge in [-0.05, 0) is 50.7 Å². The minimum Gasteiger partial charge on any atom is -0.486 e. The highest BCUT2D eigenvalue weighted by molar-refractivity contribution is 6.21. The molecule has 0 N–H and O–H groups in total. The van der Waals surface area contributed by atoms with E-state index in [1.54, 1.807) is 24.3 Å². The van der Waals surface area contributed by atoms with Gasteiger partial charge in [-0.1, -0.05) is 24.3 Å². The standard InChI is InChI=1S/C22H24N2O4/c1-23(14-16-15-27-19-10-4-5-11-20(19)28-16)12-6-7-13-24-21(25)17-8-2-3-9-18(17)22(24)26/h2-5,8-11,16H,6-7,12-15H2,1H3. The monoisotopic (exact) mass is 380 g/mol. The van der Waals surface area contributed by atoms with Crippen molar-refractivity contribution in [2.45, 2.75) is 18.9 Å². The van der Waals surface area contributed by atoms with E-state index in [4.69, 9.17) is 9.47 Å². The first-order valence-corrected chi connectivity index (χ1v) is 9.66. The maximum Gasteiger partial charge on any atom is 0.261 e. The Bertz CT molecular complexity index is 847. The highest BCUT2D eigenvalue weighted by Crippen LogP contribution is 2.31. The van der Waals surface area contributed by atoms with Crippen LogP contribution in [0.4, 0.5) is 0 Å². The Labute approximate surface area is 164 Å². The Morgan fingerprint density at radius 2 is 1.61 bits per heavy atom. The van der Waals surface area contributed by atoms with E-state index in [0.29, 0.717) is 24.3 Å². The van der Waals surface area contributed by atoms with Crippen molar-refractivity contribution < 1.29 is 19.1 Å². The van der Waals surface area contributed by atoms with Gasteiger partial charge in [0.2, 0.25) is 0 Å². The van der Waals surface area contributed by atoms with Crippen LogP contribution in [0.5, 0.6) is 11.5 Å². The van der Waals surface area contributed by atoms with Crippen molar-refractivity contribution in [2.24, 2.45) is 0 Å². The molecule has 2 aromatic rings. The van der Waals surface area contributed by atoms with Gasteiger partial charge < -0.3 is 14.4 Å². The highest BCUT2D eigenvalue weighted by atomic mass is 16.6. The predicted octanol–water partition coefficient (Wildman–Crippen LogP) is 2.83. The first-order chi connectivity index (χ1) is 13.6. The average Bonchev–Trinajstić information content (AvgIpc) is 2.96. The van der Waals surface area contributed by atoms with Gasteiger partial charge in [-0.15, -0.1) is 0 Å². The van der Waals surface area contributed by atoms with Crippen molar-refractivity contribution in [1.29, 1.82) is 0 Å². The van der Waals surface area contributed by atoms with E-state index in [2.05, 4.69) is 4.90 Å². The number of para-hydroxylation sites is 2. The van der Waals surface area contributed by atoms with Crippen molar-refractivity contribution in [3.05, 3.63) is 59.7 Å². The number of fused-ring (bicyclic) bond motifs is 2. The number of likely N-dealkylation sites (N-methyl/N-ethyl adjacent to an activating group) is 1. The van der Waals surface area contributed by atoms with Gasteiger partial charge in [0.25, 0.3) is 11.8 Å². The Balaban J connectivity index is 1.20. The molecule has 0 aliphatic carbocycles. The van der Waals surface area contributed by atoms with E-state index in [0.717, 1.165) is 37.4 Å². The zero-order valence-corrected chi connectivity index (χ0v) is 16.0. The topological polar surface area (TPSA) is 59.1 Å². The summed E-state index contributed by atoms with van der Waals surface area (Å²) in [5, 5.41) is 0. The number of hydrogen-bond donors (Lipinski definition) is 0. The second-order valence-electron chi connectivity index (χ2n) is 7.27. The summed E-state index contributed by atoms with van der Waals surface area (Å²) < 4.78 is 11.7. The van der Waals surface area contributed by atoms with Crippen molar-refractivity contribution in [1.82, 2.24) is 9.80 Å². The summed E-state index contributed by atoms with van der Waals surface area (Å²) >= 11 is 0. The molecule has 0 spiro atoms. The molecule has 0 bridgehead atoms. The number of benzene rings is 2. The molecule has 0 aromatic heterocycles. The second kappa shape index (κ2) is 8.02. The van der Waals surface area contributed by atoms with Gasteiger partial charge >= 0.3 is 0 Å². The number of imide groups is 1. The summed E-state index contributed by atoms with van der Waals surface area (Å²) in [6.07, 6.45) is 1.67. The number of hydrogen-bond acceptors (Lipinski definition) is 5. The quantitative estimate of drug-likeness (QED) is 0.546. The molecule has 0 saturated carbocycles. The molecule has 6 nitrogen and oxygen atoms in total. The summed E-state index contributed by atoms with van der Waals surface area (Å²) in [5.41, 5.74) is 1.03. The zero-order valence-electron chi connectivity index (χ0n) is 16.0. The zero-order chi connectivity index (χ0) is 19.5. The minimum absolute atomic E-state index is 0.00358. The van der Waals surface area contributed by atoms with Gasteiger partial charge in [-0.2, -0.15) is 0 Å². The molecular formula is C22H24N2O4. The van der Waals surface area contributed by atoms with Crippen LogP contribution in [-0.2, 0) is 0 Å². The van der Waals surface area contributed by atoms with E-state index in [-0.39, 0.29) is 17.9 Å². The Hall–Kier alpha value is -2.86. The molecule has 2 amide bonds. The van der Waals surface area contributed by atoms with E-state index < -0.39 is 0 Å². The van der Waals surface area contributed by atoms with Crippen LogP contribution in [0.15, 0.2) is 48.5 Å². The summed E-state index contributed by atoms with van der Waals surface area (Å²) in [6, 6.07) is 14.7. The fourth-order valence-electron chi connectivity index (χ4n) is 3.69. The maximum absolute atomic E-state index is 12.4. The third-order valence-electron chi connectivity index (χ3n) is 5.13. The number of ether oxygens (including phenoxy) is 2. The van der Waals surface area contributed by atoms with Gasteiger partial charge in [0.1, 0.15) is 12.7 Å². The van der Waals surface area contributed by atoms with Crippen LogP contribution in [0.3, 0.4) is 0 Å². The number of rotatable bonds is 7. The molecular weight excluding hydrogens is 356 g/mol. The van der Waals surface area contributed by atoms with Crippen LogP contribution in [0.25, 0.3) is 0 Å². The molecule has 146 valence electrons. The van der Waals surface area contributed by atoms with Gasteiger partial charge in [0.15, 0.2) is 11.5 Å². The van der Waals surface area contributed by atoms with E-state index in [1.807, 2.05) is 31.3 Å². The number of carbonyl (C=O) groups excluding carboxylic acids is 2. The minimum atomic E-state index is -0.180. The summed E-state index contributed by atoms with van der Waals surface area (Å²) in [4.78, 5) is 28.3. The maximum atomic E-state index is 12.4. The SMILES string of the molecule is CN(CCCCN1C(=O)c2ccccc2C1=O)CC1COc2ccccc2O1. The third-order valence-corrected chi connectivity index (χ3v) is 5.13. The van der Waals surface area contributed by atoms with Crippen LogP contribution in [0.2, 0.25) is 0 Å². The lowest BCUT2D eigenvalue weighted by Gasteiger charge is -2.29. The average molecular weight is 380 g/mol. The summed E-state index contributed by atoms with van der Waals surface area (Å²) in [5.74, 6) is 1.22. The number of amides is 2. The lowest BCUT2D eigenvalue weighted by atomic mass is 10.1. The Morgan fingerprint density at radius 3 is 2.32 bits per heavy atom. The van der Waals surface area contributed by atoms with E-state index in [9.17, 15) is 9.59 Å². The van der Waals surface area contributed by atoms with E-state index in [1.165, 1.54) is 4.90 Å². The van der Waals surface area contributed by atoms with Crippen LogP contribution in [-0.4, -0.2) is 61.0 Å². The molecule has 2 aliphatic rings. The van der Waals surface area contributed by atoms with E-state index >= 15 is 0 Å². The molecule has 4 rings (SSSR count). The van der Waals surface area contributed by atoms with Crippen LogP contribution in [0, 0.1) is 0 Å². The number of unbranched alkanes of at least 4 members (excludes halogenated alkanes) is 1. The van der Waals surface area contributed by atoms with Crippen molar-refractivity contribution in [3.63, 3.8) is 0 Å². The van der Waals surface area contributed by atoms with Crippen molar-refractivity contribution >= 4 is 11.8 Å². The largest absolute Gasteiger partial charge is 0.486 e. The highest BCUT2D eigenvalue weighted by Gasteiger charge is 2.34. The van der Waals surface area contributed by atoms with Gasteiger partial charge in [0.05, 0.1) is 11.1 Å². The summed E-state index contributed by atoms with van der Waals surface area (Å²) in [7, 11) is 2.05. The molecule has 0 saturated heterocycles.